The molecule has 0 amide bonds. The number of imidazole rings is 1. The molecule has 0 aromatic carbocycles. The van der Waals surface area contributed by atoms with Crippen molar-refractivity contribution in [2.75, 3.05) is 12.8 Å². The lowest BCUT2D eigenvalue weighted by atomic mass is 10.1. The first kappa shape index (κ1) is 15.6. The summed E-state index contributed by atoms with van der Waals surface area (Å²) in [7, 11) is -3.67. The molecule has 0 bridgehead atoms. The van der Waals surface area contributed by atoms with Crippen molar-refractivity contribution in [1.29, 1.82) is 0 Å². The number of nitrogens with zero attached hydrogens (tertiary/aromatic N) is 2. The second-order valence-corrected chi connectivity index (χ2v) is 9.37. The maximum atomic E-state index is 12.6. The lowest BCUT2D eigenvalue weighted by molar-refractivity contribution is 0.548. The third-order valence-electron chi connectivity index (χ3n) is 3.97. The van der Waals surface area contributed by atoms with Crippen molar-refractivity contribution in [3.63, 3.8) is 0 Å². The van der Waals surface area contributed by atoms with E-state index in [1.165, 1.54) is 15.7 Å². The van der Waals surface area contributed by atoms with Crippen LogP contribution in [0.25, 0.3) is 4.96 Å². The van der Waals surface area contributed by atoms with Gasteiger partial charge in [-0.05, 0) is 19.1 Å². The second-order valence-electron chi connectivity index (χ2n) is 5.18. The number of rotatable bonds is 5. The van der Waals surface area contributed by atoms with E-state index in [2.05, 4.69) is 9.71 Å². The zero-order valence-corrected chi connectivity index (χ0v) is 14.7. The van der Waals surface area contributed by atoms with Gasteiger partial charge in [0.05, 0.1) is 0 Å². The van der Waals surface area contributed by atoms with Crippen LogP contribution in [0.5, 0.6) is 0 Å². The largest absolute Gasteiger partial charge is 0.279 e. The number of hydrogen-bond donors (Lipinski definition) is 1. The highest BCUT2D eigenvalue weighted by Gasteiger charge is 2.35. The molecule has 2 aromatic heterocycles. The van der Waals surface area contributed by atoms with E-state index in [4.69, 9.17) is 11.6 Å². The van der Waals surface area contributed by atoms with E-state index in [1.807, 2.05) is 6.26 Å². The summed E-state index contributed by atoms with van der Waals surface area (Å²) in [6.45, 7) is 0.435. The standard InChI is InChI=1S/C12H16ClN3O2S3/c1-19-12(4-2-3-5-12)8-14-21(17,18)10-9(13)15-11-16(10)6-7-20-11/h6-7,14H,2-5,8H2,1H3. The van der Waals surface area contributed by atoms with Crippen LogP contribution < -0.4 is 4.72 Å². The van der Waals surface area contributed by atoms with Gasteiger partial charge < -0.3 is 0 Å². The molecule has 9 heteroatoms. The van der Waals surface area contributed by atoms with Crippen molar-refractivity contribution in [2.24, 2.45) is 0 Å². The van der Waals surface area contributed by atoms with Crippen LogP contribution >= 0.6 is 34.7 Å². The summed E-state index contributed by atoms with van der Waals surface area (Å²) < 4.78 is 29.4. The fourth-order valence-electron chi connectivity index (χ4n) is 2.75. The van der Waals surface area contributed by atoms with Crippen molar-refractivity contribution in [3.05, 3.63) is 16.7 Å². The van der Waals surface area contributed by atoms with Crippen LogP contribution in [-0.2, 0) is 10.0 Å². The summed E-state index contributed by atoms with van der Waals surface area (Å²) in [4.78, 5) is 4.66. The Morgan fingerprint density at radius 2 is 2.24 bits per heavy atom. The quantitative estimate of drug-likeness (QED) is 0.884. The number of fused-ring (bicyclic) bond motifs is 1. The molecule has 0 aliphatic heterocycles. The van der Waals surface area contributed by atoms with Crippen molar-refractivity contribution in [1.82, 2.24) is 14.1 Å². The van der Waals surface area contributed by atoms with Gasteiger partial charge in [-0.3, -0.25) is 4.40 Å². The summed E-state index contributed by atoms with van der Waals surface area (Å²) in [6, 6.07) is 0. The normalized spacial score (nSPS) is 18.6. The first-order valence-corrected chi connectivity index (χ1v) is 10.6. The van der Waals surface area contributed by atoms with Gasteiger partial charge in [0, 0.05) is 22.9 Å². The number of hydrogen-bond acceptors (Lipinski definition) is 5. The minimum atomic E-state index is -3.67. The Bertz CT molecular complexity index is 747. The summed E-state index contributed by atoms with van der Waals surface area (Å²) >= 11 is 9.11. The molecule has 21 heavy (non-hydrogen) atoms. The molecule has 1 saturated carbocycles. The van der Waals surface area contributed by atoms with E-state index in [0.29, 0.717) is 11.5 Å². The molecule has 1 N–H and O–H groups in total. The van der Waals surface area contributed by atoms with Crippen molar-refractivity contribution >= 4 is 49.7 Å². The van der Waals surface area contributed by atoms with Crippen LogP contribution in [-0.4, -0.2) is 35.4 Å². The number of sulfonamides is 1. The number of nitrogens with one attached hydrogen (secondary N) is 1. The van der Waals surface area contributed by atoms with Gasteiger partial charge in [-0.15, -0.1) is 11.3 Å². The van der Waals surface area contributed by atoms with E-state index in [0.717, 1.165) is 25.7 Å². The average molecular weight is 366 g/mol. The maximum Gasteiger partial charge on any atom is 0.259 e. The van der Waals surface area contributed by atoms with Crippen molar-refractivity contribution in [2.45, 2.75) is 35.5 Å². The predicted octanol–water partition coefficient (Wildman–Crippen LogP) is 3.00. The van der Waals surface area contributed by atoms with Gasteiger partial charge in [0.15, 0.2) is 15.1 Å². The first-order valence-electron chi connectivity index (χ1n) is 6.63. The third kappa shape index (κ3) is 2.84. The van der Waals surface area contributed by atoms with E-state index in [1.54, 1.807) is 23.3 Å². The number of halogens is 1. The molecule has 2 heterocycles. The molecule has 0 radical (unpaired) electrons. The van der Waals surface area contributed by atoms with E-state index >= 15 is 0 Å². The number of thioether (sulfide) groups is 1. The number of thiazole rings is 1. The average Bonchev–Trinajstić information content (AvgIpc) is 3.11. The molecular weight excluding hydrogens is 350 g/mol. The molecule has 0 saturated heterocycles. The highest BCUT2D eigenvalue weighted by molar-refractivity contribution is 8.00. The summed E-state index contributed by atoms with van der Waals surface area (Å²) in [5.74, 6) is 0. The van der Waals surface area contributed by atoms with Gasteiger partial charge in [-0.25, -0.2) is 18.1 Å². The van der Waals surface area contributed by atoms with Crippen molar-refractivity contribution < 1.29 is 8.42 Å². The van der Waals surface area contributed by atoms with Crippen molar-refractivity contribution in [3.8, 4) is 0 Å². The number of aromatic nitrogens is 2. The maximum absolute atomic E-state index is 12.6. The smallest absolute Gasteiger partial charge is 0.259 e. The molecular formula is C12H16ClN3O2S3. The zero-order valence-electron chi connectivity index (χ0n) is 11.5. The Hall–Kier alpha value is -0.280. The van der Waals surface area contributed by atoms with Gasteiger partial charge in [0.2, 0.25) is 0 Å². The van der Waals surface area contributed by atoms with Gasteiger partial charge in [0.1, 0.15) is 0 Å². The van der Waals surface area contributed by atoms with Crippen LogP contribution in [0.15, 0.2) is 16.6 Å². The minimum Gasteiger partial charge on any atom is -0.279 e. The van der Waals surface area contributed by atoms with Gasteiger partial charge in [-0.2, -0.15) is 11.8 Å². The van der Waals surface area contributed by atoms with E-state index in [9.17, 15) is 8.42 Å². The minimum absolute atomic E-state index is 0.0119. The molecule has 0 unspecified atom stereocenters. The Balaban J connectivity index is 1.87. The Morgan fingerprint density at radius 3 is 2.90 bits per heavy atom. The molecule has 3 rings (SSSR count). The van der Waals surface area contributed by atoms with E-state index < -0.39 is 10.0 Å². The Labute approximate surface area is 137 Å². The second kappa shape index (κ2) is 5.73. The van der Waals surface area contributed by atoms with Crippen LogP contribution in [0.2, 0.25) is 5.15 Å². The Kier molecular flexibility index (Phi) is 4.26. The lowest BCUT2D eigenvalue weighted by Crippen LogP contribution is -2.38. The summed E-state index contributed by atoms with van der Waals surface area (Å²) in [6.07, 6.45) is 8.13. The van der Waals surface area contributed by atoms with E-state index in [-0.39, 0.29) is 14.9 Å². The topological polar surface area (TPSA) is 63.5 Å². The molecule has 5 nitrogen and oxygen atoms in total. The highest BCUT2D eigenvalue weighted by Crippen LogP contribution is 2.40. The highest BCUT2D eigenvalue weighted by atomic mass is 35.5. The van der Waals surface area contributed by atoms with Gasteiger partial charge in [0.25, 0.3) is 10.0 Å². The predicted molar refractivity (Wildman–Crippen MR) is 88.0 cm³/mol. The van der Waals surface area contributed by atoms with Crippen LogP contribution in [0.3, 0.4) is 0 Å². The monoisotopic (exact) mass is 365 g/mol. The third-order valence-corrected chi connectivity index (χ3v) is 7.94. The summed E-state index contributed by atoms with van der Waals surface area (Å²) in [5, 5.41) is 1.85. The molecule has 1 aliphatic carbocycles. The SMILES string of the molecule is CSC1(CNS(=O)(=O)c2c(Cl)nc3sccn23)CCCC1. The summed E-state index contributed by atoms with van der Waals surface area (Å²) in [5.41, 5.74) is 0. The van der Waals surface area contributed by atoms with Crippen LogP contribution in [0.1, 0.15) is 25.7 Å². The fourth-order valence-corrected chi connectivity index (χ4v) is 6.33. The van der Waals surface area contributed by atoms with Gasteiger partial charge >= 0.3 is 0 Å². The molecule has 0 spiro atoms. The van der Waals surface area contributed by atoms with Gasteiger partial charge in [-0.1, -0.05) is 24.4 Å². The molecule has 0 atom stereocenters. The molecule has 2 aromatic rings. The Morgan fingerprint density at radius 1 is 1.52 bits per heavy atom. The zero-order chi connectivity index (χ0) is 15.1. The molecule has 1 aliphatic rings. The lowest BCUT2D eigenvalue weighted by Gasteiger charge is -2.26. The molecule has 1 fully saturated rings. The van der Waals surface area contributed by atoms with Crippen LogP contribution in [0.4, 0.5) is 0 Å². The molecule has 116 valence electrons. The van der Waals surface area contributed by atoms with Crippen LogP contribution in [0, 0.1) is 0 Å². The fraction of sp³-hybridized carbons (Fsp3) is 0.583. The first-order chi connectivity index (χ1) is 9.97.